The predicted molar refractivity (Wildman–Crippen MR) is 71.0 cm³/mol. The number of hydrogen-bond acceptors (Lipinski definition) is 5. The standard InChI is InChI=1S/C12H14N2OS2/c1-3-8-5-6-9(16-8)7-11(15)12-10(4-2)13-14-17-12/h5-6H,3-4,7H2,1-2H3. The monoisotopic (exact) mass is 266 g/mol. The van der Waals surface area contributed by atoms with Crippen LogP contribution < -0.4 is 0 Å². The van der Waals surface area contributed by atoms with Crippen molar-refractivity contribution in [1.29, 1.82) is 0 Å². The topological polar surface area (TPSA) is 42.9 Å². The summed E-state index contributed by atoms with van der Waals surface area (Å²) in [4.78, 5) is 15.3. The van der Waals surface area contributed by atoms with Gasteiger partial charge in [-0.3, -0.25) is 4.79 Å². The molecule has 0 atom stereocenters. The number of Topliss-reactive ketones (excluding diaryl/α,β-unsaturated/α-hetero) is 1. The Kier molecular flexibility index (Phi) is 4.02. The molecule has 2 aromatic rings. The first-order valence-electron chi connectivity index (χ1n) is 5.66. The maximum atomic E-state index is 12.1. The van der Waals surface area contributed by atoms with Gasteiger partial charge in [-0.05, 0) is 36.5 Å². The second kappa shape index (κ2) is 5.51. The molecule has 0 N–H and O–H groups in total. The average molecular weight is 266 g/mol. The number of rotatable bonds is 5. The zero-order chi connectivity index (χ0) is 12.3. The number of ketones is 1. The summed E-state index contributed by atoms with van der Waals surface area (Å²) in [5, 5.41) is 3.97. The van der Waals surface area contributed by atoms with E-state index < -0.39 is 0 Å². The third kappa shape index (κ3) is 2.79. The number of nitrogens with zero attached hydrogens (tertiary/aromatic N) is 2. The number of hydrogen-bond donors (Lipinski definition) is 0. The first-order valence-corrected chi connectivity index (χ1v) is 7.25. The van der Waals surface area contributed by atoms with Crippen LogP contribution >= 0.6 is 22.9 Å². The second-order valence-corrected chi connectivity index (χ2v) is 5.73. The van der Waals surface area contributed by atoms with E-state index in [0.29, 0.717) is 6.42 Å². The molecule has 2 heterocycles. The zero-order valence-electron chi connectivity index (χ0n) is 9.90. The van der Waals surface area contributed by atoms with E-state index in [2.05, 4.69) is 22.6 Å². The molecule has 17 heavy (non-hydrogen) atoms. The lowest BCUT2D eigenvalue weighted by molar-refractivity contribution is 0.0996. The van der Waals surface area contributed by atoms with Crippen molar-refractivity contribution in [2.45, 2.75) is 33.1 Å². The van der Waals surface area contributed by atoms with E-state index in [1.165, 1.54) is 16.4 Å². The molecule has 3 nitrogen and oxygen atoms in total. The first kappa shape index (κ1) is 12.4. The summed E-state index contributed by atoms with van der Waals surface area (Å²) in [6.07, 6.45) is 2.27. The van der Waals surface area contributed by atoms with Gasteiger partial charge in [-0.25, -0.2) is 0 Å². The molecule has 0 spiro atoms. The summed E-state index contributed by atoms with van der Waals surface area (Å²) in [5.41, 5.74) is 0.826. The lowest BCUT2D eigenvalue weighted by atomic mass is 10.1. The first-order chi connectivity index (χ1) is 8.24. The van der Waals surface area contributed by atoms with Crippen molar-refractivity contribution >= 4 is 28.7 Å². The Morgan fingerprint density at radius 3 is 2.65 bits per heavy atom. The van der Waals surface area contributed by atoms with Crippen LogP contribution in [0.25, 0.3) is 0 Å². The summed E-state index contributed by atoms with van der Waals surface area (Å²) < 4.78 is 3.85. The molecular formula is C12H14N2OS2. The Bertz CT molecular complexity index is 516. The van der Waals surface area contributed by atoms with Crippen LogP contribution in [-0.4, -0.2) is 15.4 Å². The highest BCUT2D eigenvalue weighted by molar-refractivity contribution is 7.12. The number of carbonyl (C=O) groups is 1. The van der Waals surface area contributed by atoms with Crippen LogP contribution in [0.3, 0.4) is 0 Å². The Morgan fingerprint density at radius 2 is 2.00 bits per heavy atom. The van der Waals surface area contributed by atoms with Crippen LogP contribution in [0.1, 0.15) is 39.0 Å². The number of aryl methyl sites for hydroxylation is 2. The molecule has 0 aliphatic heterocycles. The third-order valence-electron chi connectivity index (χ3n) is 2.54. The molecule has 0 radical (unpaired) electrons. The summed E-state index contributed by atoms with van der Waals surface area (Å²) in [7, 11) is 0. The Hall–Kier alpha value is -1.07. The van der Waals surface area contributed by atoms with Gasteiger partial charge in [0.05, 0.1) is 5.69 Å². The fourth-order valence-corrected chi connectivity index (χ4v) is 3.24. The molecule has 5 heteroatoms. The van der Waals surface area contributed by atoms with Crippen LogP contribution in [0.5, 0.6) is 0 Å². The van der Waals surface area contributed by atoms with Crippen molar-refractivity contribution in [1.82, 2.24) is 9.59 Å². The van der Waals surface area contributed by atoms with Gasteiger partial charge in [-0.15, -0.1) is 16.4 Å². The maximum Gasteiger partial charge on any atom is 0.181 e. The highest BCUT2D eigenvalue weighted by Gasteiger charge is 2.16. The lowest BCUT2D eigenvalue weighted by Crippen LogP contribution is -2.03. The van der Waals surface area contributed by atoms with Crippen molar-refractivity contribution in [3.8, 4) is 0 Å². The van der Waals surface area contributed by atoms with Gasteiger partial charge in [0, 0.05) is 16.2 Å². The van der Waals surface area contributed by atoms with Gasteiger partial charge in [0.15, 0.2) is 5.78 Å². The minimum absolute atomic E-state index is 0.140. The van der Waals surface area contributed by atoms with E-state index >= 15 is 0 Å². The van der Waals surface area contributed by atoms with E-state index in [1.54, 1.807) is 11.3 Å². The predicted octanol–water partition coefficient (Wildman–Crippen LogP) is 3.15. The fourth-order valence-electron chi connectivity index (χ4n) is 1.60. The summed E-state index contributed by atoms with van der Waals surface area (Å²) in [6, 6.07) is 4.14. The molecular weight excluding hydrogens is 252 g/mol. The van der Waals surface area contributed by atoms with Gasteiger partial charge in [0.25, 0.3) is 0 Å². The molecule has 90 valence electrons. The molecule has 0 amide bonds. The van der Waals surface area contributed by atoms with E-state index in [9.17, 15) is 4.79 Å². The van der Waals surface area contributed by atoms with Crippen molar-refractivity contribution in [2.24, 2.45) is 0 Å². The molecule has 0 saturated carbocycles. The smallest absolute Gasteiger partial charge is 0.181 e. The molecule has 0 unspecified atom stereocenters. The van der Waals surface area contributed by atoms with Crippen LogP contribution in [-0.2, 0) is 19.3 Å². The van der Waals surface area contributed by atoms with Gasteiger partial charge in [-0.1, -0.05) is 18.3 Å². The van der Waals surface area contributed by atoms with Gasteiger partial charge < -0.3 is 0 Å². The third-order valence-corrected chi connectivity index (χ3v) is 4.58. The number of aromatic nitrogens is 2. The van der Waals surface area contributed by atoms with Crippen molar-refractivity contribution in [3.63, 3.8) is 0 Å². The Labute approximate surface area is 109 Å². The van der Waals surface area contributed by atoms with E-state index in [1.807, 2.05) is 13.0 Å². The molecule has 0 aromatic carbocycles. The van der Waals surface area contributed by atoms with Crippen LogP contribution in [0, 0.1) is 0 Å². The van der Waals surface area contributed by atoms with Crippen LogP contribution in [0.2, 0.25) is 0 Å². The number of carbonyl (C=O) groups excluding carboxylic acids is 1. The quantitative estimate of drug-likeness (QED) is 0.781. The van der Waals surface area contributed by atoms with Gasteiger partial charge in [0.2, 0.25) is 0 Å². The van der Waals surface area contributed by atoms with Gasteiger partial charge >= 0.3 is 0 Å². The van der Waals surface area contributed by atoms with E-state index in [-0.39, 0.29) is 5.78 Å². The highest BCUT2D eigenvalue weighted by atomic mass is 32.1. The van der Waals surface area contributed by atoms with Crippen LogP contribution in [0.4, 0.5) is 0 Å². The SMILES string of the molecule is CCc1ccc(CC(=O)c2snnc2CC)s1. The van der Waals surface area contributed by atoms with E-state index in [0.717, 1.165) is 28.3 Å². The van der Waals surface area contributed by atoms with E-state index in [4.69, 9.17) is 0 Å². The average Bonchev–Trinajstić information content (AvgIpc) is 2.96. The molecule has 2 aromatic heterocycles. The van der Waals surface area contributed by atoms with Gasteiger partial charge in [-0.2, -0.15) is 0 Å². The van der Waals surface area contributed by atoms with Gasteiger partial charge in [0.1, 0.15) is 4.88 Å². The molecule has 0 aliphatic rings. The van der Waals surface area contributed by atoms with Crippen molar-refractivity contribution < 1.29 is 4.79 Å². The fraction of sp³-hybridized carbons (Fsp3) is 0.417. The molecule has 0 fully saturated rings. The number of thiophene rings is 1. The minimum atomic E-state index is 0.140. The Morgan fingerprint density at radius 1 is 1.24 bits per heavy atom. The largest absolute Gasteiger partial charge is 0.293 e. The molecule has 2 rings (SSSR count). The zero-order valence-corrected chi connectivity index (χ0v) is 11.5. The van der Waals surface area contributed by atoms with Crippen molar-refractivity contribution in [2.75, 3.05) is 0 Å². The minimum Gasteiger partial charge on any atom is -0.293 e. The summed E-state index contributed by atoms with van der Waals surface area (Å²) in [6.45, 7) is 4.12. The molecule has 0 bridgehead atoms. The molecule has 0 saturated heterocycles. The second-order valence-electron chi connectivity index (χ2n) is 3.72. The Balaban J connectivity index is 2.11. The summed E-state index contributed by atoms with van der Waals surface area (Å²) in [5.74, 6) is 0.140. The molecule has 0 aliphatic carbocycles. The van der Waals surface area contributed by atoms with Crippen molar-refractivity contribution in [3.05, 3.63) is 32.5 Å². The maximum absolute atomic E-state index is 12.1. The summed E-state index contributed by atoms with van der Waals surface area (Å²) >= 11 is 2.92. The lowest BCUT2D eigenvalue weighted by Gasteiger charge is -1.96. The van der Waals surface area contributed by atoms with Crippen LogP contribution in [0.15, 0.2) is 12.1 Å². The highest BCUT2D eigenvalue weighted by Crippen LogP contribution is 2.21. The normalized spacial score (nSPS) is 10.7.